The minimum Gasteiger partial charge on any atom is -0.340 e. The van der Waals surface area contributed by atoms with Crippen LogP contribution in [0.5, 0.6) is 0 Å². The largest absolute Gasteiger partial charge is 0.340 e. The highest BCUT2D eigenvalue weighted by molar-refractivity contribution is 7.89. The zero-order valence-electron chi connectivity index (χ0n) is 13.8. The lowest BCUT2D eigenvalue weighted by molar-refractivity contribution is -0.132. The highest BCUT2D eigenvalue weighted by Crippen LogP contribution is 2.19. The molecule has 2 N–H and O–H groups in total. The number of hydrogen-bond donors (Lipinski definition) is 1. The van der Waals surface area contributed by atoms with Crippen molar-refractivity contribution in [3.63, 3.8) is 0 Å². The van der Waals surface area contributed by atoms with E-state index in [1.54, 1.807) is 4.90 Å². The van der Waals surface area contributed by atoms with Crippen LogP contribution in [0.3, 0.4) is 0 Å². The topological polar surface area (TPSA) is 101 Å². The molecule has 132 valence electrons. The highest BCUT2D eigenvalue weighted by Gasteiger charge is 2.29. The van der Waals surface area contributed by atoms with E-state index in [1.807, 2.05) is 0 Å². The molecular weight excluding hydrogens is 330 g/mol. The van der Waals surface area contributed by atoms with Gasteiger partial charge >= 0.3 is 0 Å². The number of carbonyl (C=O) groups excluding carboxylic acids is 2. The van der Waals surface area contributed by atoms with Crippen LogP contribution >= 0.6 is 0 Å². The number of nitrogens with two attached hydrogens (primary N) is 1. The summed E-state index contributed by atoms with van der Waals surface area (Å²) in [5, 5.41) is 0. The average Bonchev–Trinajstić information content (AvgIpc) is 2.59. The van der Waals surface area contributed by atoms with Crippen molar-refractivity contribution in [3.05, 3.63) is 29.8 Å². The molecule has 0 saturated carbocycles. The molecule has 0 aromatic heterocycles. The third kappa shape index (κ3) is 4.19. The lowest BCUT2D eigenvalue weighted by atomic mass is 10.2. The average molecular weight is 353 g/mol. The number of carbonyl (C=O) groups is 2. The number of amides is 1. The molecule has 0 aliphatic carbocycles. The molecule has 1 heterocycles. The summed E-state index contributed by atoms with van der Waals surface area (Å²) in [6, 6.07) is 5.93. The molecule has 8 heteroatoms. The van der Waals surface area contributed by atoms with Gasteiger partial charge in [-0.1, -0.05) is 12.1 Å². The van der Waals surface area contributed by atoms with Gasteiger partial charge in [0.1, 0.15) is 0 Å². The summed E-state index contributed by atoms with van der Waals surface area (Å²) in [6.07, 6.45) is 1.04. The Bertz CT molecular complexity index is 693. The van der Waals surface area contributed by atoms with E-state index >= 15 is 0 Å². The summed E-state index contributed by atoms with van der Waals surface area (Å²) in [7, 11) is -3.61. The van der Waals surface area contributed by atoms with Gasteiger partial charge in [0.15, 0.2) is 5.78 Å². The van der Waals surface area contributed by atoms with Crippen LogP contribution < -0.4 is 5.73 Å². The Morgan fingerprint density at radius 3 is 2.17 bits per heavy atom. The fourth-order valence-corrected chi connectivity index (χ4v) is 4.02. The molecule has 1 aromatic rings. The Kier molecular flexibility index (Phi) is 6.09. The van der Waals surface area contributed by atoms with Gasteiger partial charge in [0, 0.05) is 38.2 Å². The normalized spacial score (nSPS) is 16.2. The Hall–Kier alpha value is -1.77. The Labute approximate surface area is 142 Å². The molecule has 1 saturated heterocycles. The van der Waals surface area contributed by atoms with Crippen LogP contribution in [-0.4, -0.2) is 62.0 Å². The van der Waals surface area contributed by atoms with Crippen LogP contribution in [-0.2, 0) is 14.8 Å². The second-order valence-corrected chi connectivity index (χ2v) is 7.70. The number of nitrogens with zero attached hydrogens (tertiary/aromatic N) is 2. The summed E-state index contributed by atoms with van der Waals surface area (Å²) in [5.41, 5.74) is 5.88. The third-order valence-electron chi connectivity index (χ3n) is 4.08. The van der Waals surface area contributed by atoms with Gasteiger partial charge in [0.2, 0.25) is 15.9 Å². The minimum absolute atomic E-state index is 0.0170. The van der Waals surface area contributed by atoms with E-state index in [9.17, 15) is 18.0 Å². The van der Waals surface area contributed by atoms with E-state index in [-0.39, 0.29) is 29.7 Å². The molecule has 24 heavy (non-hydrogen) atoms. The number of benzene rings is 1. The summed E-state index contributed by atoms with van der Waals surface area (Å²) in [6.45, 7) is 3.21. The van der Waals surface area contributed by atoms with Crippen molar-refractivity contribution in [1.82, 2.24) is 9.21 Å². The quantitative estimate of drug-likeness (QED) is 0.749. The Morgan fingerprint density at radius 1 is 1.08 bits per heavy atom. The third-order valence-corrected chi connectivity index (χ3v) is 6.00. The molecule has 1 aromatic carbocycles. The molecule has 1 amide bonds. The van der Waals surface area contributed by atoms with Crippen molar-refractivity contribution in [2.75, 3.05) is 32.7 Å². The smallest absolute Gasteiger partial charge is 0.243 e. The lowest BCUT2D eigenvalue weighted by Crippen LogP contribution is -2.50. The number of sulfonamides is 1. The maximum absolute atomic E-state index is 12.6. The number of hydrogen-bond acceptors (Lipinski definition) is 5. The molecule has 1 aliphatic heterocycles. The molecule has 0 unspecified atom stereocenters. The number of rotatable bonds is 6. The fourth-order valence-electron chi connectivity index (χ4n) is 2.60. The molecule has 7 nitrogen and oxygen atoms in total. The van der Waals surface area contributed by atoms with Crippen LogP contribution in [0.25, 0.3) is 0 Å². The highest BCUT2D eigenvalue weighted by atomic mass is 32.2. The SMILES string of the molecule is CC(=O)c1ccc(S(=O)(=O)N2CCN(C(=O)CCCN)CC2)cc1. The van der Waals surface area contributed by atoms with Gasteiger partial charge in [-0.25, -0.2) is 8.42 Å². The van der Waals surface area contributed by atoms with E-state index < -0.39 is 10.0 Å². The van der Waals surface area contributed by atoms with Crippen LogP contribution in [0.4, 0.5) is 0 Å². The first kappa shape index (κ1) is 18.6. The minimum atomic E-state index is -3.61. The van der Waals surface area contributed by atoms with Crippen molar-refractivity contribution in [3.8, 4) is 0 Å². The van der Waals surface area contributed by atoms with Crippen LogP contribution in [0, 0.1) is 0 Å². The first-order chi connectivity index (χ1) is 11.4. The second kappa shape index (κ2) is 7.87. The summed E-state index contributed by atoms with van der Waals surface area (Å²) >= 11 is 0. The summed E-state index contributed by atoms with van der Waals surface area (Å²) < 4.78 is 26.7. The zero-order valence-corrected chi connectivity index (χ0v) is 14.6. The Morgan fingerprint density at radius 2 is 1.67 bits per heavy atom. The molecular formula is C16H23N3O4S. The maximum Gasteiger partial charge on any atom is 0.243 e. The monoisotopic (exact) mass is 353 g/mol. The molecule has 1 fully saturated rings. The molecule has 0 atom stereocenters. The van der Waals surface area contributed by atoms with Gasteiger partial charge in [0.05, 0.1) is 4.90 Å². The van der Waals surface area contributed by atoms with E-state index in [0.29, 0.717) is 38.0 Å². The van der Waals surface area contributed by atoms with Gasteiger partial charge in [-0.3, -0.25) is 9.59 Å². The molecule has 0 spiro atoms. The van der Waals surface area contributed by atoms with Gasteiger partial charge in [-0.2, -0.15) is 4.31 Å². The predicted octanol–water partition coefficient (Wildman–Crippen LogP) is 0.461. The molecule has 0 radical (unpaired) electrons. The van der Waals surface area contributed by atoms with E-state index in [4.69, 9.17) is 5.73 Å². The van der Waals surface area contributed by atoms with Crippen LogP contribution in [0.2, 0.25) is 0 Å². The van der Waals surface area contributed by atoms with Crippen molar-refractivity contribution < 1.29 is 18.0 Å². The predicted molar refractivity (Wildman–Crippen MR) is 90.1 cm³/mol. The summed E-state index contributed by atoms with van der Waals surface area (Å²) in [4.78, 5) is 25.1. The number of ketones is 1. The first-order valence-electron chi connectivity index (χ1n) is 7.95. The molecule has 0 bridgehead atoms. The fraction of sp³-hybridized carbons (Fsp3) is 0.500. The van der Waals surface area contributed by atoms with Crippen molar-refractivity contribution in [2.45, 2.75) is 24.7 Å². The molecule has 1 aliphatic rings. The lowest BCUT2D eigenvalue weighted by Gasteiger charge is -2.34. The van der Waals surface area contributed by atoms with E-state index in [1.165, 1.54) is 35.5 Å². The van der Waals surface area contributed by atoms with E-state index in [2.05, 4.69) is 0 Å². The van der Waals surface area contributed by atoms with Crippen LogP contribution in [0.15, 0.2) is 29.2 Å². The van der Waals surface area contributed by atoms with Gasteiger partial charge in [-0.05, 0) is 32.0 Å². The van der Waals surface area contributed by atoms with Crippen LogP contribution in [0.1, 0.15) is 30.1 Å². The van der Waals surface area contributed by atoms with Gasteiger partial charge < -0.3 is 10.6 Å². The van der Waals surface area contributed by atoms with Gasteiger partial charge in [-0.15, -0.1) is 0 Å². The van der Waals surface area contributed by atoms with E-state index in [0.717, 1.165) is 0 Å². The number of Topliss-reactive ketones (excluding diaryl/α,β-unsaturated/α-hetero) is 1. The van der Waals surface area contributed by atoms with Crippen molar-refractivity contribution in [2.24, 2.45) is 5.73 Å². The molecule has 2 rings (SSSR count). The van der Waals surface area contributed by atoms with Crippen molar-refractivity contribution in [1.29, 1.82) is 0 Å². The standard InChI is InChI=1S/C16H23N3O4S/c1-13(20)14-4-6-15(7-5-14)24(22,23)19-11-9-18(10-12-19)16(21)3-2-8-17/h4-7H,2-3,8-12,17H2,1H3. The van der Waals surface area contributed by atoms with Crippen molar-refractivity contribution >= 4 is 21.7 Å². The second-order valence-electron chi connectivity index (χ2n) is 5.76. The number of piperazine rings is 1. The summed E-state index contributed by atoms with van der Waals surface area (Å²) in [5.74, 6) is -0.0909. The zero-order chi connectivity index (χ0) is 17.7. The maximum atomic E-state index is 12.6. The first-order valence-corrected chi connectivity index (χ1v) is 9.39. The Balaban J connectivity index is 2.02. The van der Waals surface area contributed by atoms with Gasteiger partial charge in [0.25, 0.3) is 0 Å².